The zero-order valence-electron chi connectivity index (χ0n) is 20.8. The molecule has 1 aliphatic heterocycles. The number of aromatic nitrogens is 3. The van der Waals surface area contributed by atoms with Crippen LogP contribution < -0.4 is 15.4 Å². The highest BCUT2D eigenvalue weighted by Gasteiger charge is 2.27. The number of benzene rings is 2. The molecule has 1 fully saturated rings. The van der Waals surface area contributed by atoms with Crippen LogP contribution in [0.4, 0.5) is 20.3 Å². The number of aliphatic hydroxyl groups is 2. The van der Waals surface area contributed by atoms with Crippen LogP contribution in [0.3, 0.4) is 0 Å². The van der Waals surface area contributed by atoms with Crippen molar-refractivity contribution < 1.29 is 28.5 Å². The van der Waals surface area contributed by atoms with Gasteiger partial charge in [-0.2, -0.15) is 9.97 Å². The van der Waals surface area contributed by atoms with E-state index < -0.39 is 24.1 Å². The Morgan fingerprint density at radius 1 is 1.15 bits per heavy atom. The van der Waals surface area contributed by atoms with Gasteiger partial charge in [0, 0.05) is 29.7 Å². The van der Waals surface area contributed by atoms with E-state index in [1.165, 1.54) is 18.2 Å². The largest absolute Gasteiger partial charge is 0.408 e. The van der Waals surface area contributed by atoms with Crippen molar-refractivity contribution in [3.8, 4) is 42.0 Å². The van der Waals surface area contributed by atoms with E-state index >= 15 is 4.39 Å². The molecule has 39 heavy (non-hydrogen) atoms. The fourth-order valence-electron chi connectivity index (χ4n) is 4.76. The van der Waals surface area contributed by atoms with Crippen molar-refractivity contribution in [2.24, 2.45) is 5.92 Å². The van der Waals surface area contributed by atoms with Gasteiger partial charge in [0.2, 0.25) is 0 Å². The van der Waals surface area contributed by atoms with Gasteiger partial charge in [-0.1, -0.05) is 18.9 Å². The first-order valence-corrected chi connectivity index (χ1v) is 11.9. The third kappa shape index (κ3) is 4.75. The van der Waals surface area contributed by atoms with Crippen molar-refractivity contribution in [2.45, 2.75) is 13.4 Å². The maximum Gasteiger partial charge on any atom is 0.323 e. The monoisotopic (exact) mass is 531 g/mol. The number of nitrogens with two attached hydrogens (primary N) is 1. The van der Waals surface area contributed by atoms with Crippen LogP contribution in [0, 0.1) is 42.2 Å². The number of hydrogen-bond acceptors (Lipinski definition) is 9. The molecule has 198 valence electrons. The highest BCUT2D eigenvalue weighted by Crippen LogP contribution is 2.39. The van der Waals surface area contributed by atoms with Gasteiger partial charge in [0.25, 0.3) is 0 Å². The topological polar surface area (TPSA) is 127 Å². The molecule has 0 radical (unpaired) electrons. The van der Waals surface area contributed by atoms with Gasteiger partial charge in [-0.3, -0.25) is 0 Å². The lowest BCUT2D eigenvalue weighted by atomic mass is 9.95. The Kier molecular flexibility index (Phi) is 6.89. The molecule has 1 unspecified atom stereocenters. The summed E-state index contributed by atoms with van der Waals surface area (Å²) in [7, 11) is 0. The van der Waals surface area contributed by atoms with Crippen LogP contribution in [-0.2, 0) is 4.74 Å². The number of terminal acetylenes is 2. The lowest BCUT2D eigenvalue weighted by Gasteiger charge is -2.25. The average molecular weight is 532 g/mol. The van der Waals surface area contributed by atoms with Gasteiger partial charge in [0.05, 0.1) is 24.2 Å². The zero-order valence-corrected chi connectivity index (χ0v) is 20.8. The van der Waals surface area contributed by atoms with Crippen LogP contribution in [0.25, 0.3) is 32.9 Å². The molecule has 4 N–H and O–H groups in total. The SMILES string of the molecule is C#Cc1c(F)ccc2cc(N)cc(-c3nc(C#C)c4c(N5CCOCC(C)C5)nc(OC(O)O)nc4c3F)c12. The number of nitrogens with zero attached hydrogens (tertiary/aromatic N) is 4. The summed E-state index contributed by atoms with van der Waals surface area (Å²) in [6.45, 7) is 1.44. The van der Waals surface area contributed by atoms with Gasteiger partial charge in [0.1, 0.15) is 28.5 Å². The number of halogens is 2. The summed E-state index contributed by atoms with van der Waals surface area (Å²) in [5, 5.41) is 19.6. The minimum atomic E-state index is -2.27. The summed E-state index contributed by atoms with van der Waals surface area (Å²) in [6.07, 6.45) is 11.5. The van der Waals surface area contributed by atoms with Crippen molar-refractivity contribution in [2.75, 3.05) is 36.9 Å². The highest BCUT2D eigenvalue weighted by atomic mass is 19.1. The van der Waals surface area contributed by atoms with Crippen molar-refractivity contribution in [1.82, 2.24) is 15.0 Å². The molecule has 2 aromatic heterocycles. The second kappa shape index (κ2) is 10.3. The van der Waals surface area contributed by atoms with E-state index in [2.05, 4.69) is 26.8 Å². The number of fused-ring (bicyclic) bond motifs is 2. The predicted molar refractivity (Wildman–Crippen MR) is 142 cm³/mol. The van der Waals surface area contributed by atoms with Crippen LogP contribution in [0.15, 0.2) is 24.3 Å². The molecule has 2 aromatic carbocycles. The molecular formula is C28H23F2N5O4. The molecule has 1 saturated heterocycles. The van der Waals surface area contributed by atoms with Crippen LogP contribution in [0.5, 0.6) is 6.01 Å². The van der Waals surface area contributed by atoms with E-state index in [4.69, 9.17) is 28.1 Å². The molecule has 11 heteroatoms. The summed E-state index contributed by atoms with van der Waals surface area (Å²) >= 11 is 0. The number of pyridine rings is 1. The van der Waals surface area contributed by atoms with Crippen molar-refractivity contribution in [1.29, 1.82) is 0 Å². The van der Waals surface area contributed by atoms with E-state index in [0.29, 0.717) is 31.7 Å². The van der Waals surface area contributed by atoms with Gasteiger partial charge in [-0.05, 0) is 35.4 Å². The average Bonchev–Trinajstić information content (AvgIpc) is 3.12. The summed E-state index contributed by atoms with van der Waals surface area (Å²) in [5.41, 5.74) is 5.79. The van der Waals surface area contributed by atoms with Gasteiger partial charge in [-0.25, -0.2) is 13.8 Å². The molecule has 5 rings (SSSR count). The van der Waals surface area contributed by atoms with Crippen LogP contribution in [0.1, 0.15) is 18.2 Å². The quantitative estimate of drug-likeness (QED) is 0.207. The summed E-state index contributed by atoms with van der Waals surface area (Å²) in [6, 6.07) is 5.18. The van der Waals surface area contributed by atoms with Crippen molar-refractivity contribution in [3.63, 3.8) is 0 Å². The van der Waals surface area contributed by atoms with Gasteiger partial charge in [0.15, 0.2) is 5.82 Å². The van der Waals surface area contributed by atoms with E-state index in [1.54, 1.807) is 6.07 Å². The van der Waals surface area contributed by atoms with Crippen LogP contribution in [0.2, 0.25) is 0 Å². The van der Waals surface area contributed by atoms with Gasteiger partial charge in [-0.15, -0.1) is 12.8 Å². The molecule has 0 aliphatic carbocycles. The van der Waals surface area contributed by atoms with Crippen molar-refractivity contribution >= 4 is 33.2 Å². The lowest BCUT2D eigenvalue weighted by molar-refractivity contribution is -0.183. The van der Waals surface area contributed by atoms with E-state index in [0.717, 1.165) is 0 Å². The van der Waals surface area contributed by atoms with E-state index in [1.807, 2.05) is 11.8 Å². The minimum Gasteiger partial charge on any atom is -0.408 e. The second-order valence-electron chi connectivity index (χ2n) is 9.12. The third-order valence-electron chi connectivity index (χ3n) is 6.32. The lowest BCUT2D eigenvalue weighted by Crippen LogP contribution is -2.30. The van der Waals surface area contributed by atoms with E-state index in [-0.39, 0.29) is 56.2 Å². The Morgan fingerprint density at radius 2 is 1.95 bits per heavy atom. The first-order chi connectivity index (χ1) is 18.7. The Labute approximate surface area is 222 Å². The third-order valence-corrected chi connectivity index (χ3v) is 6.32. The predicted octanol–water partition coefficient (Wildman–Crippen LogP) is 2.79. The molecule has 0 bridgehead atoms. The number of aliphatic hydroxyl groups excluding tert-OH is 1. The number of anilines is 2. The Morgan fingerprint density at radius 3 is 2.67 bits per heavy atom. The highest BCUT2D eigenvalue weighted by molar-refractivity contribution is 6.04. The Hall–Kier alpha value is -4.55. The van der Waals surface area contributed by atoms with Crippen molar-refractivity contribution in [3.05, 3.63) is 47.2 Å². The molecule has 4 aromatic rings. The van der Waals surface area contributed by atoms with Crippen LogP contribution in [-0.4, -0.2) is 57.9 Å². The maximum absolute atomic E-state index is 16.5. The first kappa shape index (κ1) is 26.1. The molecular weight excluding hydrogens is 508 g/mol. The van der Waals surface area contributed by atoms with Gasteiger partial charge >= 0.3 is 12.5 Å². The molecule has 3 heterocycles. The second-order valence-corrected chi connectivity index (χ2v) is 9.12. The number of ether oxygens (including phenoxy) is 2. The maximum atomic E-state index is 16.5. The number of nitrogen functional groups attached to an aromatic ring is 1. The Bertz CT molecular complexity index is 1700. The summed E-state index contributed by atoms with van der Waals surface area (Å²) in [5.74, 6) is 3.45. The minimum absolute atomic E-state index is 0.000416. The molecule has 1 atom stereocenters. The molecule has 9 nitrogen and oxygen atoms in total. The standard InChI is InChI=1S/C28H23F2N5O4/c1-4-17-19(29)7-6-15-10-16(31)11-18(21(15)17)24-23(30)25-22(20(5-2)32-24)26(34-27(33-25)39-28(36)37)35-8-9-38-13-14(3)12-35/h1-2,6-7,10-11,14,28,36-37H,8-9,12-13,31H2,3H3. The number of rotatable bonds is 4. The van der Waals surface area contributed by atoms with Gasteiger partial charge < -0.3 is 30.3 Å². The summed E-state index contributed by atoms with van der Waals surface area (Å²) < 4.78 is 41.7. The smallest absolute Gasteiger partial charge is 0.323 e. The molecule has 0 amide bonds. The van der Waals surface area contributed by atoms with Crippen LogP contribution >= 0.6 is 0 Å². The molecule has 1 aliphatic rings. The summed E-state index contributed by atoms with van der Waals surface area (Å²) in [4.78, 5) is 14.7. The number of hydrogen-bond donors (Lipinski definition) is 3. The van der Waals surface area contributed by atoms with E-state index in [9.17, 15) is 14.6 Å². The Balaban J connectivity index is 1.87. The fraction of sp³-hybridized carbons (Fsp3) is 0.250. The molecule has 0 saturated carbocycles. The molecule has 0 spiro atoms. The zero-order chi connectivity index (χ0) is 27.8. The fourth-order valence-corrected chi connectivity index (χ4v) is 4.76. The first-order valence-electron chi connectivity index (χ1n) is 11.9. The normalized spacial score (nSPS) is 15.8.